The number of rotatable bonds is 7. The van der Waals surface area contributed by atoms with Gasteiger partial charge in [0.2, 0.25) is 4.96 Å². The molecular weight excluding hydrogens is 356 g/mol. The van der Waals surface area contributed by atoms with Gasteiger partial charge in [-0.15, -0.1) is 10.2 Å². The number of aromatic nitrogens is 4. The van der Waals surface area contributed by atoms with E-state index in [1.165, 1.54) is 11.3 Å². The summed E-state index contributed by atoms with van der Waals surface area (Å²) >= 11 is 3.34. The Morgan fingerprint density at radius 1 is 1.16 bits per heavy atom. The molecule has 0 unspecified atom stereocenters. The van der Waals surface area contributed by atoms with Gasteiger partial charge in [0.1, 0.15) is 5.01 Å². The normalized spacial score (nSPS) is 11.7. The van der Waals surface area contributed by atoms with Gasteiger partial charge in [0.25, 0.3) is 0 Å². The van der Waals surface area contributed by atoms with Gasteiger partial charge >= 0.3 is 0 Å². The second-order valence-corrected chi connectivity index (χ2v) is 8.11. The molecule has 3 rings (SSSR count). The zero-order valence-corrected chi connectivity index (χ0v) is 16.2. The zero-order valence-electron chi connectivity index (χ0n) is 14.6. The molecule has 0 N–H and O–H groups in total. The first-order valence-corrected chi connectivity index (χ1v) is 9.70. The molecule has 0 radical (unpaired) electrons. The molecule has 0 saturated carbocycles. The lowest BCUT2D eigenvalue weighted by atomic mass is 10.2. The maximum Gasteiger partial charge on any atom is 0.234 e. The molecule has 1 aromatic carbocycles. The van der Waals surface area contributed by atoms with Crippen LogP contribution in [0.1, 0.15) is 30.2 Å². The smallest absolute Gasteiger partial charge is 0.234 e. The minimum atomic E-state index is 0.551. The summed E-state index contributed by atoms with van der Waals surface area (Å²) in [7, 11) is 3.26. The van der Waals surface area contributed by atoms with Crippen LogP contribution in [0.3, 0.4) is 0 Å². The number of thioether (sulfide) groups is 1. The van der Waals surface area contributed by atoms with Crippen LogP contribution in [0.15, 0.2) is 18.2 Å². The Morgan fingerprint density at radius 2 is 1.96 bits per heavy atom. The summed E-state index contributed by atoms with van der Waals surface area (Å²) in [5.74, 6) is 3.11. The minimum Gasteiger partial charge on any atom is -0.493 e. The average molecular weight is 377 g/mol. The fourth-order valence-electron chi connectivity index (χ4n) is 2.19. The first kappa shape index (κ1) is 17.8. The molecular formula is C17H20N4O2S2. The number of methoxy groups -OCH3 is 2. The van der Waals surface area contributed by atoms with Gasteiger partial charge in [0, 0.05) is 0 Å². The number of hydrogen-bond donors (Lipinski definition) is 0. The van der Waals surface area contributed by atoms with Gasteiger partial charge in [0.15, 0.2) is 17.3 Å². The lowest BCUT2D eigenvalue weighted by molar-refractivity contribution is 0.355. The van der Waals surface area contributed by atoms with E-state index in [-0.39, 0.29) is 0 Å². The van der Waals surface area contributed by atoms with Crippen LogP contribution in [0.2, 0.25) is 0 Å². The molecule has 2 aromatic heterocycles. The van der Waals surface area contributed by atoms with Crippen molar-refractivity contribution in [3.8, 4) is 11.5 Å². The number of ether oxygens (including phenoxy) is 2. The molecule has 0 fully saturated rings. The van der Waals surface area contributed by atoms with E-state index in [1.54, 1.807) is 14.2 Å². The van der Waals surface area contributed by atoms with E-state index in [0.717, 1.165) is 27.1 Å². The van der Waals surface area contributed by atoms with Crippen LogP contribution < -0.4 is 9.47 Å². The van der Waals surface area contributed by atoms with E-state index in [9.17, 15) is 0 Å². The van der Waals surface area contributed by atoms with E-state index in [4.69, 9.17) is 9.47 Å². The molecule has 132 valence electrons. The molecule has 2 heterocycles. The number of fused-ring (bicyclic) bond motifs is 1. The van der Waals surface area contributed by atoms with Crippen molar-refractivity contribution in [2.75, 3.05) is 14.2 Å². The second kappa shape index (κ2) is 7.88. The third-order valence-corrected chi connectivity index (χ3v) is 5.40. The summed E-state index contributed by atoms with van der Waals surface area (Å²) < 4.78 is 12.4. The molecule has 6 nitrogen and oxygen atoms in total. The SMILES string of the molecule is COc1ccc(/C=C/c2nn3c(CSC(C)C)nnc3s2)cc1OC. The average Bonchev–Trinajstić information content (AvgIpc) is 3.18. The highest BCUT2D eigenvalue weighted by molar-refractivity contribution is 7.99. The lowest BCUT2D eigenvalue weighted by Gasteiger charge is -2.07. The van der Waals surface area contributed by atoms with Crippen molar-refractivity contribution >= 4 is 40.2 Å². The molecule has 8 heteroatoms. The van der Waals surface area contributed by atoms with Crippen LogP contribution in [-0.4, -0.2) is 39.3 Å². The first-order valence-electron chi connectivity index (χ1n) is 7.83. The Bertz CT molecular complexity index is 886. The van der Waals surface area contributed by atoms with Gasteiger partial charge in [0.05, 0.1) is 20.0 Å². The fraction of sp³-hybridized carbons (Fsp3) is 0.353. The third kappa shape index (κ3) is 4.13. The summed E-state index contributed by atoms with van der Waals surface area (Å²) in [6, 6.07) is 5.79. The Kier molecular flexibility index (Phi) is 5.60. The fourth-order valence-corrected chi connectivity index (χ4v) is 3.62. The van der Waals surface area contributed by atoms with Crippen LogP contribution in [0.5, 0.6) is 11.5 Å². The molecule has 0 aliphatic rings. The van der Waals surface area contributed by atoms with Gasteiger partial charge in [-0.25, -0.2) is 0 Å². The summed E-state index contributed by atoms with van der Waals surface area (Å²) in [6.45, 7) is 4.34. The molecule has 0 atom stereocenters. The largest absolute Gasteiger partial charge is 0.493 e. The topological polar surface area (TPSA) is 61.5 Å². The van der Waals surface area contributed by atoms with Crippen LogP contribution in [0.25, 0.3) is 17.1 Å². The molecule has 0 saturated heterocycles. The van der Waals surface area contributed by atoms with Gasteiger partial charge in [-0.05, 0) is 29.0 Å². The first-order chi connectivity index (χ1) is 12.1. The maximum atomic E-state index is 5.33. The van der Waals surface area contributed by atoms with Crippen LogP contribution in [-0.2, 0) is 5.75 Å². The van der Waals surface area contributed by atoms with Gasteiger partial charge in [-0.3, -0.25) is 0 Å². The molecule has 0 bridgehead atoms. The number of benzene rings is 1. The predicted octanol–water partition coefficient (Wildman–Crippen LogP) is 4.02. The zero-order chi connectivity index (χ0) is 17.8. The van der Waals surface area contributed by atoms with Crippen molar-refractivity contribution in [1.29, 1.82) is 0 Å². The Morgan fingerprint density at radius 3 is 2.68 bits per heavy atom. The van der Waals surface area contributed by atoms with Crippen LogP contribution in [0, 0.1) is 0 Å². The molecule has 3 aromatic rings. The van der Waals surface area contributed by atoms with Crippen molar-refractivity contribution in [2.45, 2.75) is 24.9 Å². The van der Waals surface area contributed by atoms with E-state index < -0.39 is 0 Å². The maximum absolute atomic E-state index is 5.33. The van der Waals surface area contributed by atoms with Crippen LogP contribution >= 0.6 is 23.1 Å². The van der Waals surface area contributed by atoms with E-state index in [0.29, 0.717) is 16.7 Å². The highest BCUT2D eigenvalue weighted by atomic mass is 32.2. The number of nitrogens with zero attached hydrogens (tertiary/aromatic N) is 4. The van der Waals surface area contributed by atoms with E-state index in [2.05, 4.69) is 29.1 Å². The molecule has 0 aliphatic heterocycles. The van der Waals surface area contributed by atoms with Crippen molar-refractivity contribution in [2.24, 2.45) is 0 Å². The summed E-state index contributed by atoms with van der Waals surface area (Å²) in [5.41, 5.74) is 1.01. The highest BCUT2D eigenvalue weighted by Crippen LogP contribution is 2.28. The number of hydrogen-bond acceptors (Lipinski definition) is 7. The molecule has 0 aliphatic carbocycles. The summed E-state index contributed by atoms with van der Waals surface area (Å²) in [4.78, 5) is 0.811. The van der Waals surface area contributed by atoms with E-state index in [1.807, 2.05) is 46.6 Å². The lowest BCUT2D eigenvalue weighted by Crippen LogP contribution is -1.96. The monoisotopic (exact) mass is 376 g/mol. The predicted molar refractivity (Wildman–Crippen MR) is 104 cm³/mol. The van der Waals surface area contributed by atoms with Crippen molar-refractivity contribution in [3.63, 3.8) is 0 Å². The second-order valence-electron chi connectivity index (χ2n) is 5.56. The van der Waals surface area contributed by atoms with Gasteiger partial charge in [-0.2, -0.15) is 21.4 Å². The molecule has 0 amide bonds. The molecule has 25 heavy (non-hydrogen) atoms. The molecule has 0 spiro atoms. The summed E-state index contributed by atoms with van der Waals surface area (Å²) in [5, 5.41) is 14.5. The van der Waals surface area contributed by atoms with Crippen molar-refractivity contribution < 1.29 is 9.47 Å². The van der Waals surface area contributed by atoms with Gasteiger partial charge in [-0.1, -0.05) is 37.3 Å². The van der Waals surface area contributed by atoms with Crippen molar-refractivity contribution in [3.05, 3.63) is 34.6 Å². The quantitative estimate of drug-likeness (QED) is 0.621. The highest BCUT2D eigenvalue weighted by Gasteiger charge is 2.11. The Labute approximate surface area is 154 Å². The Balaban J connectivity index is 1.79. The van der Waals surface area contributed by atoms with E-state index >= 15 is 0 Å². The van der Waals surface area contributed by atoms with Crippen LogP contribution in [0.4, 0.5) is 0 Å². The minimum absolute atomic E-state index is 0.551. The Hall–Kier alpha value is -2.06. The summed E-state index contributed by atoms with van der Waals surface area (Å²) in [6.07, 6.45) is 3.97. The standard InChI is InChI=1S/C17H20N4O2S2/c1-11(2)24-10-15-18-19-17-21(15)20-16(25-17)8-6-12-5-7-13(22-3)14(9-12)23-4/h5-9,11H,10H2,1-4H3/b8-6+. The van der Waals surface area contributed by atoms with Crippen molar-refractivity contribution in [1.82, 2.24) is 19.8 Å². The van der Waals surface area contributed by atoms with Gasteiger partial charge < -0.3 is 9.47 Å². The third-order valence-electron chi connectivity index (χ3n) is 3.44.